The van der Waals surface area contributed by atoms with E-state index in [1.807, 2.05) is 30.5 Å². The van der Waals surface area contributed by atoms with E-state index in [1.54, 1.807) is 16.9 Å². The molecule has 0 fully saturated rings. The van der Waals surface area contributed by atoms with E-state index in [4.69, 9.17) is 5.73 Å². The molecule has 0 spiro atoms. The highest BCUT2D eigenvalue weighted by molar-refractivity contribution is 9.10. The molecule has 0 amide bonds. The smallest absolute Gasteiger partial charge is 0.123 e. The Labute approximate surface area is 130 Å². The number of halogens is 2. The quantitative estimate of drug-likeness (QED) is 0.726. The van der Waals surface area contributed by atoms with Crippen LogP contribution in [-0.4, -0.2) is 9.78 Å². The van der Waals surface area contributed by atoms with Crippen LogP contribution in [-0.2, 0) is 6.54 Å². The normalized spacial score (nSPS) is 10.8. The zero-order valence-electron chi connectivity index (χ0n) is 11.1. The number of benzene rings is 2. The summed E-state index contributed by atoms with van der Waals surface area (Å²) in [6, 6.07) is 12.3. The van der Waals surface area contributed by atoms with Gasteiger partial charge < -0.3 is 5.73 Å². The van der Waals surface area contributed by atoms with E-state index in [1.165, 1.54) is 12.1 Å². The van der Waals surface area contributed by atoms with Crippen LogP contribution in [0.3, 0.4) is 0 Å². The van der Waals surface area contributed by atoms with Crippen molar-refractivity contribution in [3.63, 3.8) is 0 Å². The molecular weight excluding hydrogens is 333 g/mol. The van der Waals surface area contributed by atoms with Gasteiger partial charge in [-0.3, -0.25) is 4.68 Å². The van der Waals surface area contributed by atoms with Crippen molar-refractivity contribution in [3.8, 4) is 11.1 Å². The Morgan fingerprint density at radius 1 is 1.14 bits per heavy atom. The summed E-state index contributed by atoms with van der Waals surface area (Å²) in [6.45, 7) is 0.501. The van der Waals surface area contributed by atoms with E-state index < -0.39 is 0 Å². The molecule has 0 aliphatic carbocycles. The van der Waals surface area contributed by atoms with E-state index >= 15 is 0 Å². The van der Waals surface area contributed by atoms with Crippen molar-refractivity contribution in [2.45, 2.75) is 6.54 Å². The Balaban J connectivity index is 1.87. The second-order valence-corrected chi connectivity index (χ2v) is 5.64. The zero-order chi connectivity index (χ0) is 14.8. The minimum Gasteiger partial charge on any atom is -0.399 e. The summed E-state index contributed by atoms with van der Waals surface area (Å²) in [6.07, 6.45) is 3.70. The largest absolute Gasteiger partial charge is 0.399 e. The highest BCUT2D eigenvalue weighted by Gasteiger charge is 2.06. The third-order valence-corrected chi connectivity index (χ3v) is 3.97. The Hall–Kier alpha value is -2.14. The van der Waals surface area contributed by atoms with Crippen molar-refractivity contribution in [2.24, 2.45) is 0 Å². The fourth-order valence-electron chi connectivity index (χ4n) is 2.16. The predicted molar refractivity (Wildman–Crippen MR) is 85.3 cm³/mol. The molecule has 2 aromatic carbocycles. The molecule has 106 valence electrons. The van der Waals surface area contributed by atoms with Crippen LogP contribution < -0.4 is 5.73 Å². The van der Waals surface area contributed by atoms with Crippen molar-refractivity contribution in [1.29, 1.82) is 0 Å². The molecular formula is C16H13BrFN3. The lowest BCUT2D eigenvalue weighted by Gasteiger charge is -2.05. The minimum absolute atomic E-state index is 0.253. The van der Waals surface area contributed by atoms with Crippen molar-refractivity contribution in [2.75, 3.05) is 5.73 Å². The maximum atomic E-state index is 13.3. The van der Waals surface area contributed by atoms with Gasteiger partial charge in [-0.05, 0) is 41.5 Å². The van der Waals surface area contributed by atoms with E-state index in [2.05, 4.69) is 21.0 Å². The van der Waals surface area contributed by atoms with Gasteiger partial charge in [0, 0.05) is 21.9 Å². The van der Waals surface area contributed by atoms with E-state index in [0.717, 1.165) is 21.2 Å². The fraction of sp³-hybridized carbons (Fsp3) is 0.0625. The number of hydrogen-bond donors (Lipinski definition) is 1. The first-order valence-corrected chi connectivity index (χ1v) is 7.23. The van der Waals surface area contributed by atoms with Gasteiger partial charge in [0.2, 0.25) is 0 Å². The van der Waals surface area contributed by atoms with Crippen molar-refractivity contribution in [3.05, 3.63) is 70.7 Å². The molecule has 0 aliphatic rings. The Morgan fingerprint density at radius 3 is 2.81 bits per heavy atom. The maximum Gasteiger partial charge on any atom is 0.123 e. The first-order valence-electron chi connectivity index (χ1n) is 6.44. The van der Waals surface area contributed by atoms with Crippen LogP contribution in [0.15, 0.2) is 59.3 Å². The molecule has 0 saturated heterocycles. The standard InChI is InChI=1S/C16H13BrFN3/c17-16-5-4-14(18)6-12(16)9-21-10-13(8-20-21)11-2-1-3-15(19)7-11/h1-8,10H,9,19H2. The predicted octanol–water partition coefficient (Wildman–Crippen LogP) is 4.08. The lowest BCUT2D eigenvalue weighted by atomic mass is 10.1. The number of nitrogen functional groups attached to an aromatic ring is 1. The highest BCUT2D eigenvalue weighted by atomic mass is 79.9. The van der Waals surface area contributed by atoms with Crippen molar-refractivity contribution < 1.29 is 4.39 Å². The summed E-state index contributed by atoms with van der Waals surface area (Å²) in [7, 11) is 0. The van der Waals surface area contributed by atoms with Crippen LogP contribution in [0.25, 0.3) is 11.1 Å². The Bertz CT molecular complexity index is 783. The number of nitrogens with two attached hydrogens (primary N) is 1. The lowest BCUT2D eigenvalue weighted by Crippen LogP contribution is -2.01. The first kappa shape index (κ1) is 13.8. The van der Waals surface area contributed by atoms with Gasteiger partial charge in [-0.25, -0.2) is 4.39 Å². The molecule has 5 heteroatoms. The van der Waals surface area contributed by atoms with Crippen LogP contribution >= 0.6 is 15.9 Å². The fourth-order valence-corrected chi connectivity index (χ4v) is 2.53. The molecule has 0 aliphatic heterocycles. The minimum atomic E-state index is -0.253. The van der Waals surface area contributed by atoms with Gasteiger partial charge in [0.1, 0.15) is 5.82 Å². The topological polar surface area (TPSA) is 43.8 Å². The van der Waals surface area contributed by atoms with Crippen LogP contribution in [0.2, 0.25) is 0 Å². The van der Waals surface area contributed by atoms with Gasteiger partial charge in [0.05, 0.1) is 12.7 Å². The summed E-state index contributed by atoms with van der Waals surface area (Å²) in [5.74, 6) is -0.253. The molecule has 3 nitrogen and oxygen atoms in total. The number of nitrogens with zero attached hydrogens (tertiary/aromatic N) is 2. The van der Waals surface area contributed by atoms with Gasteiger partial charge in [-0.15, -0.1) is 0 Å². The molecule has 3 rings (SSSR count). The SMILES string of the molecule is Nc1cccc(-c2cnn(Cc3cc(F)ccc3Br)c2)c1. The van der Waals surface area contributed by atoms with E-state index in [-0.39, 0.29) is 5.82 Å². The molecule has 0 radical (unpaired) electrons. The molecule has 2 N–H and O–H groups in total. The Kier molecular flexibility index (Phi) is 3.75. The second kappa shape index (κ2) is 5.69. The zero-order valence-corrected chi connectivity index (χ0v) is 12.7. The third-order valence-electron chi connectivity index (χ3n) is 3.19. The molecule has 1 aromatic heterocycles. The molecule has 3 aromatic rings. The molecule has 0 unspecified atom stereocenters. The van der Waals surface area contributed by atoms with Crippen LogP contribution in [0.4, 0.5) is 10.1 Å². The lowest BCUT2D eigenvalue weighted by molar-refractivity contribution is 0.618. The maximum absolute atomic E-state index is 13.3. The first-order chi connectivity index (χ1) is 10.1. The molecule has 0 bridgehead atoms. The summed E-state index contributed by atoms with van der Waals surface area (Å²) in [5.41, 5.74) is 9.34. The van der Waals surface area contributed by atoms with E-state index in [9.17, 15) is 4.39 Å². The van der Waals surface area contributed by atoms with E-state index in [0.29, 0.717) is 12.2 Å². The summed E-state index contributed by atoms with van der Waals surface area (Å²) in [4.78, 5) is 0. The van der Waals surface area contributed by atoms with Gasteiger partial charge in [0.15, 0.2) is 0 Å². The molecule has 0 saturated carbocycles. The summed E-state index contributed by atoms with van der Waals surface area (Å²) in [5, 5.41) is 4.32. The average Bonchev–Trinajstić information content (AvgIpc) is 2.91. The highest BCUT2D eigenvalue weighted by Crippen LogP contribution is 2.22. The monoisotopic (exact) mass is 345 g/mol. The number of anilines is 1. The number of aromatic nitrogens is 2. The van der Waals surface area contributed by atoms with Crippen LogP contribution in [0.5, 0.6) is 0 Å². The molecule has 1 heterocycles. The van der Waals surface area contributed by atoms with Gasteiger partial charge in [0.25, 0.3) is 0 Å². The molecule has 0 atom stereocenters. The van der Waals surface area contributed by atoms with Crippen LogP contribution in [0.1, 0.15) is 5.56 Å². The van der Waals surface area contributed by atoms with Crippen molar-refractivity contribution >= 4 is 21.6 Å². The van der Waals surface area contributed by atoms with Crippen LogP contribution in [0, 0.1) is 5.82 Å². The molecule has 21 heavy (non-hydrogen) atoms. The number of hydrogen-bond acceptors (Lipinski definition) is 2. The van der Waals surface area contributed by atoms with Gasteiger partial charge >= 0.3 is 0 Å². The third kappa shape index (κ3) is 3.13. The van der Waals surface area contributed by atoms with Crippen molar-refractivity contribution in [1.82, 2.24) is 9.78 Å². The van der Waals surface area contributed by atoms with Gasteiger partial charge in [-0.2, -0.15) is 5.10 Å². The average molecular weight is 346 g/mol. The number of rotatable bonds is 3. The summed E-state index contributed by atoms with van der Waals surface area (Å²) < 4.78 is 15.9. The second-order valence-electron chi connectivity index (χ2n) is 4.79. The summed E-state index contributed by atoms with van der Waals surface area (Å²) >= 11 is 3.42. The Morgan fingerprint density at radius 2 is 2.00 bits per heavy atom. The van der Waals surface area contributed by atoms with Gasteiger partial charge in [-0.1, -0.05) is 28.1 Å².